The summed E-state index contributed by atoms with van der Waals surface area (Å²) < 4.78 is 0. The number of rotatable bonds is 5. The highest BCUT2D eigenvalue weighted by Crippen LogP contribution is 2.13. The van der Waals surface area contributed by atoms with Crippen LogP contribution in [0.2, 0.25) is 0 Å². The Bertz CT molecular complexity index is 831. The molecule has 0 aliphatic rings. The van der Waals surface area contributed by atoms with E-state index in [2.05, 4.69) is 15.2 Å². The molecule has 0 radical (unpaired) electrons. The number of nitrogens with zero attached hydrogens (tertiary/aromatic N) is 2. The molecule has 6 heteroatoms. The Morgan fingerprint density at radius 1 is 0.826 bits per heavy atom. The molecule has 1 heterocycles. The van der Waals surface area contributed by atoms with Gasteiger partial charge in [0.05, 0.1) is 0 Å². The molecular weight excluding hydrogens is 292 g/mol. The number of hydrogen-bond acceptors (Lipinski definition) is 4. The lowest BCUT2D eigenvalue weighted by Gasteiger charge is -2.22. The van der Waals surface area contributed by atoms with Crippen molar-refractivity contribution in [2.24, 2.45) is 0 Å². The summed E-state index contributed by atoms with van der Waals surface area (Å²) in [5.41, 5.74) is 0.991. The normalized spacial score (nSPS) is 10.4. The molecule has 6 nitrogen and oxygen atoms in total. The van der Waals surface area contributed by atoms with E-state index >= 15 is 0 Å². The maximum absolute atomic E-state index is 12.1. The van der Waals surface area contributed by atoms with Gasteiger partial charge in [-0.1, -0.05) is 60.7 Å². The molecule has 1 aromatic heterocycles. The second-order valence-corrected chi connectivity index (χ2v) is 5.16. The highest BCUT2D eigenvalue weighted by molar-refractivity contribution is 5.37. The second-order valence-electron chi connectivity index (χ2n) is 5.16. The first-order valence-corrected chi connectivity index (χ1v) is 7.24. The quantitative estimate of drug-likeness (QED) is 0.751. The topological polar surface area (TPSA) is 81.8 Å². The van der Waals surface area contributed by atoms with E-state index in [4.69, 9.17) is 0 Å². The SMILES string of the molecule is O=c1[nH]nc(N(Cc2ccccc2)Cc2ccccc2)c(=O)[nH]1. The monoisotopic (exact) mass is 308 g/mol. The van der Waals surface area contributed by atoms with Gasteiger partial charge in [0, 0.05) is 13.1 Å². The van der Waals surface area contributed by atoms with Gasteiger partial charge in [-0.2, -0.15) is 0 Å². The van der Waals surface area contributed by atoms with Crippen molar-refractivity contribution in [1.82, 2.24) is 15.2 Å². The molecule has 0 aliphatic carbocycles. The van der Waals surface area contributed by atoms with Crippen molar-refractivity contribution in [3.05, 3.63) is 92.6 Å². The average molecular weight is 308 g/mol. The van der Waals surface area contributed by atoms with Gasteiger partial charge < -0.3 is 4.90 Å². The molecule has 116 valence electrons. The fourth-order valence-corrected chi connectivity index (χ4v) is 2.37. The van der Waals surface area contributed by atoms with Crippen LogP contribution >= 0.6 is 0 Å². The molecule has 3 rings (SSSR count). The fourth-order valence-electron chi connectivity index (χ4n) is 2.37. The van der Waals surface area contributed by atoms with E-state index in [-0.39, 0.29) is 5.82 Å². The zero-order chi connectivity index (χ0) is 16.1. The molecule has 0 amide bonds. The Hall–Kier alpha value is -3.15. The molecule has 3 aromatic rings. The van der Waals surface area contributed by atoms with Crippen LogP contribution in [0.4, 0.5) is 5.82 Å². The second kappa shape index (κ2) is 6.74. The van der Waals surface area contributed by atoms with Gasteiger partial charge in [-0.05, 0) is 11.1 Å². The summed E-state index contributed by atoms with van der Waals surface area (Å²) in [6, 6.07) is 19.6. The average Bonchev–Trinajstić information content (AvgIpc) is 2.56. The maximum Gasteiger partial charge on any atom is 0.342 e. The van der Waals surface area contributed by atoms with E-state index in [1.54, 1.807) is 0 Å². The van der Waals surface area contributed by atoms with Crippen LogP contribution in [0.1, 0.15) is 11.1 Å². The van der Waals surface area contributed by atoms with Crippen LogP contribution in [0, 0.1) is 0 Å². The highest BCUT2D eigenvalue weighted by atomic mass is 16.2. The van der Waals surface area contributed by atoms with Gasteiger partial charge in [-0.15, -0.1) is 5.10 Å². The fraction of sp³-hybridized carbons (Fsp3) is 0.118. The number of aromatic nitrogens is 3. The van der Waals surface area contributed by atoms with Crippen LogP contribution in [0.25, 0.3) is 0 Å². The van der Waals surface area contributed by atoms with Crippen molar-refractivity contribution < 1.29 is 0 Å². The van der Waals surface area contributed by atoms with Crippen LogP contribution in [0.5, 0.6) is 0 Å². The summed E-state index contributed by atoms with van der Waals surface area (Å²) in [7, 11) is 0. The third-order valence-electron chi connectivity index (χ3n) is 3.43. The molecule has 2 aromatic carbocycles. The molecule has 0 spiro atoms. The number of hydrogen-bond donors (Lipinski definition) is 2. The summed E-state index contributed by atoms with van der Waals surface area (Å²) in [5, 5.41) is 6.21. The summed E-state index contributed by atoms with van der Waals surface area (Å²) >= 11 is 0. The van der Waals surface area contributed by atoms with Crippen molar-refractivity contribution >= 4 is 5.82 Å². The third-order valence-corrected chi connectivity index (χ3v) is 3.43. The lowest BCUT2D eigenvalue weighted by molar-refractivity contribution is 0.743. The van der Waals surface area contributed by atoms with Crippen LogP contribution in [-0.4, -0.2) is 15.2 Å². The molecule has 0 saturated heterocycles. The third kappa shape index (κ3) is 3.74. The predicted molar refractivity (Wildman–Crippen MR) is 88.2 cm³/mol. The zero-order valence-electron chi connectivity index (χ0n) is 12.4. The molecule has 23 heavy (non-hydrogen) atoms. The largest absolute Gasteiger partial charge is 0.342 e. The first-order valence-electron chi connectivity index (χ1n) is 7.24. The lowest BCUT2D eigenvalue weighted by Crippen LogP contribution is -2.34. The number of nitrogens with one attached hydrogen (secondary N) is 2. The van der Waals surface area contributed by atoms with Gasteiger partial charge >= 0.3 is 5.69 Å². The van der Waals surface area contributed by atoms with Crippen LogP contribution < -0.4 is 16.1 Å². The predicted octanol–water partition coefficient (Wildman–Crippen LogP) is 1.66. The molecule has 0 saturated carbocycles. The molecule has 0 fully saturated rings. The maximum atomic E-state index is 12.1. The smallest absolute Gasteiger partial charge is 0.342 e. The molecule has 0 bridgehead atoms. The van der Waals surface area contributed by atoms with E-state index in [9.17, 15) is 9.59 Å². The van der Waals surface area contributed by atoms with Gasteiger partial charge in [0.15, 0.2) is 0 Å². The first kappa shape index (κ1) is 14.8. The van der Waals surface area contributed by atoms with Gasteiger partial charge in [0.1, 0.15) is 0 Å². The number of benzene rings is 2. The Labute approximate surface area is 132 Å². The van der Waals surface area contributed by atoms with Crippen LogP contribution in [-0.2, 0) is 13.1 Å². The number of aromatic amines is 2. The molecule has 0 unspecified atom stereocenters. The summed E-state index contributed by atoms with van der Waals surface area (Å²) in [5.74, 6) is 0.192. The summed E-state index contributed by atoms with van der Waals surface area (Å²) in [4.78, 5) is 27.3. The van der Waals surface area contributed by atoms with Crippen molar-refractivity contribution in [3.8, 4) is 0 Å². The Kier molecular flexibility index (Phi) is 4.33. The van der Waals surface area contributed by atoms with Crippen molar-refractivity contribution in [2.45, 2.75) is 13.1 Å². The van der Waals surface area contributed by atoms with Crippen LogP contribution in [0.3, 0.4) is 0 Å². The number of H-pyrrole nitrogens is 2. The molecule has 2 N–H and O–H groups in total. The minimum Gasteiger partial charge on any atom is -0.342 e. The minimum atomic E-state index is -0.613. The minimum absolute atomic E-state index is 0.192. The van der Waals surface area contributed by atoms with Crippen LogP contribution in [0.15, 0.2) is 70.3 Å². The number of anilines is 1. The molecular formula is C17H16N4O2. The molecule has 0 atom stereocenters. The van der Waals surface area contributed by atoms with Gasteiger partial charge in [-0.3, -0.25) is 9.78 Å². The molecule has 0 aliphatic heterocycles. The van der Waals surface area contributed by atoms with E-state index < -0.39 is 11.2 Å². The van der Waals surface area contributed by atoms with E-state index in [0.29, 0.717) is 13.1 Å². The van der Waals surface area contributed by atoms with Crippen molar-refractivity contribution in [3.63, 3.8) is 0 Å². The standard InChI is InChI=1S/C17H16N4O2/c22-16-15(19-20-17(23)18-16)21(11-13-7-3-1-4-8-13)12-14-9-5-2-6-10-14/h1-10H,11-12H2,(H2,18,20,22,23). The zero-order valence-corrected chi connectivity index (χ0v) is 12.4. The lowest BCUT2D eigenvalue weighted by atomic mass is 10.1. The van der Waals surface area contributed by atoms with Gasteiger partial charge in [-0.25, -0.2) is 9.89 Å². The Balaban J connectivity index is 1.95. The summed E-state index contributed by atoms with van der Waals surface area (Å²) in [6.07, 6.45) is 0. The van der Waals surface area contributed by atoms with E-state index in [1.165, 1.54) is 0 Å². The van der Waals surface area contributed by atoms with Crippen molar-refractivity contribution in [2.75, 3.05) is 4.90 Å². The van der Waals surface area contributed by atoms with Gasteiger partial charge in [0.25, 0.3) is 5.56 Å². The first-order chi connectivity index (χ1) is 11.2. The Morgan fingerprint density at radius 2 is 1.35 bits per heavy atom. The Morgan fingerprint density at radius 3 is 1.83 bits per heavy atom. The van der Waals surface area contributed by atoms with Crippen molar-refractivity contribution in [1.29, 1.82) is 0 Å². The van der Waals surface area contributed by atoms with Gasteiger partial charge in [0.2, 0.25) is 5.82 Å². The summed E-state index contributed by atoms with van der Waals surface area (Å²) in [6.45, 7) is 1.02. The van der Waals surface area contributed by atoms with E-state index in [1.807, 2.05) is 65.6 Å². The highest BCUT2D eigenvalue weighted by Gasteiger charge is 2.14. The van der Waals surface area contributed by atoms with E-state index in [0.717, 1.165) is 11.1 Å².